The minimum Gasteiger partial charge on any atom is -0.479 e. The Morgan fingerprint density at radius 3 is 2.85 bits per heavy atom. The molecule has 0 aliphatic carbocycles. The summed E-state index contributed by atoms with van der Waals surface area (Å²) in [5, 5.41) is 9.73. The van der Waals surface area contributed by atoms with E-state index < -0.39 is 12.0 Å². The van der Waals surface area contributed by atoms with Crippen molar-refractivity contribution in [2.24, 2.45) is 0 Å². The standard InChI is InChI=1S/C20H22N2O4/c1-3-13(2)26-17-12-15(8-10-21-17)19(23)22-11-9-14-6-4-5-7-16(14)18(22)20(24)25/h4-8,10,12-13,18H,3,9,11H2,1-2H3,(H,24,25). The molecule has 3 rings (SSSR count). The van der Waals surface area contributed by atoms with Gasteiger partial charge in [0.1, 0.15) is 0 Å². The Balaban J connectivity index is 1.90. The smallest absolute Gasteiger partial charge is 0.331 e. The van der Waals surface area contributed by atoms with Crippen LogP contribution in [0.2, 0.25) is 0 Å². The number of rotatable bonds is 5. The van der Waals surface area contributed by atoms with Crippen molar-refractivity contribution < 1.29 is 19.4 Å². The number of hydrogen-bond donors (Lipinski definition) is 1. The number of amides is 1. The van der Waals surface area contributed by atoms with Gasteiger partial charge >= 0.3 is 5.97 Å². The van der Waals surface area contributed by atoms with Gasteiger partial charge in [-0.05, 0) is 37.0 Å². The fourth-order valence-corrected chi connectivity index (χ4v) is 3.11. The Kier molecular flexibility index (Phi) is 5.21. The Hall–Kier alpha value is -2.89. The third-order valence-electron chi connectivity index (χ3n) is 4.66. The van der Waals surface area contributed by atoms with Crippen molar-refractivity contribution in [2.75, 3.05) is 6.54 Å². The molecule has 0 spiro atoms. The molecule has 0 radical (unpaired) electrons. The maximum Gasteiger partial charge on any atom is 0.331 e. The first-order chi connectivity index (χ1) is 12.5. The lowest BCUT2D eigenvalue weighted by molar-refractivity contribution is -0.143. The number of fused-ring (bicyclic) bond motifs is 1. The normalized spacial score (nSPS) is 17.3. The third-order valence-corrected chi connectivity index (χ3v) is 4.66. The SMILES string of the molecule is CCC(C)Oc1cc(C(=O)N2CCc3ccccc3C2C(=O)O)ccn1. The largest absolute Gasteiger partial charge is 0.479 e. The summed E-state index contributed by atoms with van der Waals surface area (Å²) in [6, 6.07) is 9.55. The Morgan fingerprint density at radius 1 is 1.35 bits per heavy atom. The number of nitrogens with zero attached hydrogens (tertiary/aromatic N) is 2. The molecular weight excluding hydrogens is 332 g/mol. The summed E-state index contributed by atoms with van der Waals surface area (Å²) in [4.78, 5) is 30.4. The number of aliphatic carboxylic acids is 1. The Bertz CT molecular complexity index is 821. The zero-order valence-corrected chi connectivity index (χ0v) is 14.9. The highest BCUT2D eigenvalue weighted by atomic mass is 16.5. The number of benzene rings is 1. The van der Waals surface area contributed by atoms with Crippen LogP contribution in [-0.4, -0.2) is 39.5 Å². The van der Waals surface area contributed by atoms with Crippen LogP contribution in [0.15, 0.2) is 42.6 Å². The summed E-state index contributed by atoms with van der Waals surface area (Å²) in [5.74, 6) is -0.992. The average Bonchev–Trinajstić information content (AvgIpc) is 2.66. The zero-order chi connectivity index (χ0) is 18.7. The topological polar surface area (TPSA) is 79.7 Å². The van der Waals surface area contributed by atoms with Crippen LogP contribution in [0.4, 0.5) is 0 Å². The lowest BCUT2D eigenvalue weighted by Gasteiger charge is -2.34. The molecule has 1 amide bonds. The van der Waals surface area contributed by atoms with Gasteiger partial charge < -0.3 is 14.7 Å². The zero-order valence-electron chi connectivity index (χ0n) is 14.9. The lowest BCUT2D eigenvalue weighted by atomic mass is 9.92. The second-order valence-electron chi connectivity index (χ2n) is 6.41. The molecule has 1 aliphatic rings. The minimum absolute atomic E-state index is 0.0125. The van der Waals surface area contributed by atoms with Crippen molar-refractivity contribution in [2.45, 2.75) is 38.8 Å². The van der Waals surface area contributed by atoms with Gasteiger partial charge in [-0.1, -0.05) is 31.2 Å². The Labute approximate surface area is 152 Å². The van der Waals surface area contributed by atoms with E-state index in [1.165, 1.54) is 11.1 Å². The van der Waals surface area contributed by atoms with Crippen LogP contribution >= 0.6 is 0 Å². The fraction of sp³-hybridized carbons (Fsp3) is 0.350. The van der Waals surface area contributed by atoms with Crippen LogP contribution in [0, 0.1) is 0 Å². The summed E-state index contributed by atoms with van der Waals surface area (Å²) < 4.78 is 5.67. The second kappa shape index (κ2) is 7.56. The minimum atomic E-state index is -1.03. The highest BCUT2D eigenvalue weighted by Gasteiger charge is 2.36. The first-order valence-electron chi connectivity index (χ1n) is 8.75. The Morgan fingerprint density at radius 2 is 2.12 bits per heavy atom. The first-order valence-corrected chi connectivity index (χ1v) is 8.75. The molecule has 1 N–H and O–H groups in total. The first kappa shape index (κ1) is 17.9. The molecule has 1 aliphatic heterocycles. The van der Waals surface area contributed by atoms with Crippen molar-refractivity contribution in [3.05, 3.63) is 59.3 Å². The van der Waals surface area contributed by atoms with E-state index in [9.17, 15) is 14.7 Å². The summed E-state index contributed by atoms with van der Waals surface area (Å²) in [6.07, 6.45) is 2.96. The van der Waals surface area contributed by atoms with E-state index in [0.29, 0.717) is 30.0 Å². The molecular formula is C20H22N2O4. The number of carbonyl (C=O) groups is 2. The molecule has 2 unspecified atom stereocenters. The fourth-order valence-electron chi connectivity index (χ4n) is 3.11. The molecule has 2 heterocycles. The average molecular weight is 354 g/mol. The lowest BCUT2D eigenvalue weighted by Crippen LogP contribution is -2.43. The predicted octanol–water partition coefficient (Wildman–Crippen LogP) is 3.08. The van der Waals surface area contributed by atoms with E-state index in [2.05, 4.69) is 4.98 Å². The molecule has 1 aromatic carbocycles. The molecule has 136 valence electrons. The third kappa shape index (κ3) is 3.54. The molecule has 0 bridgehead atoms. The number of ether oxygens (including phenoxy) is 1. The van der Waals surface area contributed by atoms with Crippen LogP contribution in [0.3, 0.4) is 0 Å². The summed E-state index contributed by atoms with van der Waals surface area (Å²) in [7, 11) is 0. The molecule has 26 heavy (non-hydrogen) atoms. The predicted molar refractivity (Wildman–Crippen MR) is 96.2 cm³/mol. The maximum absolute atomic E-state index is 13.0. The van der Waals surface area contributed by atoms with Crippen molar-refractivity contribution in [3.8, 4) is 5.88 Å². The number of hydrogen-bond acceptors (Lipinski definition) is 4. The van der Waals surface area contributed by atoms with Crippen LogP contribution in [0.25, 0.3) is 0 Å². The van der Waals surface area contributed by atoms with Crippen molar-refractivity contribution in [3.63, 3.8) is 0 Å². The van der Waals surface area contributed by atoms with Crippen LogP contribution in [0.1, 0.15) is 47.8 Å². The van der Waals surface area contributed by atoms with Gasteiger partial charge in [-0.3, -0.25) is 4.79 Å². The van der Waals surface area contributed by atoms with Crippen molar-refractivity contribution in [1.29, 1.82) is 0 Å². The van der Waals surface area contributed by atoms with E-state index in [1.54, 1.807) is 24.3 Å². The van der Waals surface area contributed by atoms with E-state index in [0.717, 1.165) is 12.0 Å². The highest BCUT2D eigenvalue weighted by Crippen LogP contribution is 2.31. The molecule has 0 fully saturated rings. The molecule has 6 nitrogen and oxygen atoms in total. The van der Waals surface area contributed by atoms with Crippen molar-refractivity contribution in [1.82, 2.24) is 9.88 Å². The van der Waals surface area contributed by atoms with Crippen LogP contribution in [-0.2, 0) is 11.2 Å². The number of aromatic nitrogens is 1. The highest BCUT2D eigenvalue weighted by molar-refractivity contribution is 5.97. The summed E-state index contributed by atoms with van der Waals surface area (Å²) in [5.41, 5.74) is 2.02. The maximum atomic E-state index is 13.0. The number of carbonyl (C=O) groups excluding carboxylic acids is 1. The summed E-state index contributed by atoms with van der Waals surface area (Å²) in [6.45, 7) is 4.29. The molecule has 0 saturated heterocycles. The van der Waals surface area contributed by atoms with Gasteiger partial charge in [0.2, 0.25) is 5.88 Å². The van der Waals surface area contributed by atoms with Crippen molar-refractivity contribution >= 4 is 11.9 Å². The van der Waals surface area contributed by atoms with Gasteiger partial charge in [-0.25, -0.2) is 9.78 Å². The van der Waals surface area contributed by atoms with Gasteiger partial charge in [0.15, 0.2) is 6.04 Å². The molecule has 6 heteroatoms. The summed E-state index contributed by atoms with van der Waals surface area (Å²) >= 11 is 0. The number of carboxylic acid groups (broad SMARTS) is 1. The molecule has 0 saturated carbocycles. The van der Waals surface area contributed by atoms with Crippen LogP contribution < -0.4 is 4.74 Å². The van der Waals surface area contributed by atoms with E-state index in [1.807, 2.05) is 26.0 Å². The van der Waals surface area contributed by atoms with E-state index in [4.69, 9.17) is 4.74 Å². The molecule has 1 aromatic heterocycles. The monoisotopic (exact) mass is 354 g/mol. The number of carboxylic acids is 1. The van der Waals surface area contributed by atoms with Crippen LogP contribution in [0.5, 0.6) is 5.88 Å². The van der Waals surface area contributed by atoms with Gasteiger partial charge in [-0.2, -0.15) is 0 Å². The van der Waals surface area contributed by atoms with Gasteiger partial charge in [0.25, 0.3) is 5.91 Å². The van der Waals surface area contributed by atoms with Gasteiger partial charge in [0, 0.05) is 24.4 Å². The number of pyridine rings is 1. The van der Waals surface area contributed by atoms with E-state index >= 15 is 0 Å². The van der Waals surface area contributed by atoms with Gasteiger partial charge in [-0.15, -0.1) is 0 Å². The molecule has 2 aromatic rings. The quantitative estimate of drug-likeness (QED) is 0.892. The van der Waals surface area contributed by atoms with Gasteiger partial charge in [0.05, 0.1) is 6.10 Å². The molecule has 2 atom stereocenters. The van der Waals surface area contributed by atoms with E-state index in [-0.39, 0.29) is 12.0 Å². The second-order valence-corrected chi connectivity index (χ2v) is 6.41.